The first-order valence-corrected chi connectivity index (χ1v) is 15.0. The average Bonchev–Trinajstić information content (AvgIpc) is 3.39. The van der Waals surface area contributed by atoms with Crippen molar-refractivity contribution in [3.05, 3.63) is 60.2 Å². The van der Waals surface area contributed by atoms with Crippen molar-refractivity contribution >= 4 is 38.5 Å². The Bertz CT molecular complexity index is 1390. The van der Waals surface area contributed by atoms with Crippen molar-refractivity contribution in [2.45, 2.75) is 38.3 Å². The molecule has 0 aliphatic carbocycles. The largest absolute Gasteiger partial charge is 0.673 e. The number of halogens is 8. The number of nitrogens with one attached hydrogen (secondary N) is 2. The Labute approximate surface area is 279 Å². The van der Waals surface area contributed by atoms with E-state index in [1.807, 2.05) is 34.1 Å². The van der Waals surface area contributed by atoms with Crippen LogP contribution in [0.1, 0.15) is 25.0 Å². The van der Waals surface area contributed by atoms with Gasteiger partial charge in [-0.05, 0) is 25.0 Å². The van der Waals surface area contributed by atoms with Gasteiger partial charge < -0.3 is 44.0 Å². The summed E-state index contributed by atoms with van der Waals surface area (Å²) in [5.74, 6) is -1.67. The van der Waals surface area contributed by atoms with E-state index >= 15 is 0 Å². The highest BCUT2D eigenvalue weighted by Crippen LogP contribution is 2.56. The smallest absolute Gasteiger partial charge is 0.463 e. The molecule has 2 N–H and O–H groups in total. The molecule has 6 rings (SSSR count). The molecule has 2 aromatic heterocycles. The predicted molar refractivity (Wildman–Crippen MR) is 154 cm³/mol. The summed E-state index contributed by atoms with van der Waals surface area (Å²) < 4.78 is 89.1. The van der Waals surface area contributed by atoms with Gasteiger partial charge in [0, 0.05) is 37.4 Å². The number of carbonyl (C=O) groups is 4. The number of rotatable bonds is 8. The van der Waals surface area contributed by atoms with Crippen LogP contribution in [0.4, 0.5) is 44.1 Å². The van der Waals surface area contributed by atoms with Gasteiger partial charge in [0.2, 0.25) is 0 Å². The molecular weight excluding hydrogens is 694 g/mol. The van der Waals surface area contributed by atoms with Crippen LogP contribution in [-0.2, 0) is 32.2 Å². The molecule has 4 aliphatic heterocycles. The Kier molecular flexibility index (Phi) is 11.1. The second-order valence-electron chi connectivity index (χ2n) is 11.1. The number of urea groups is 2. The lowest BCUT2D eigenvalue weighted by Gasteiger charge is -2.51. The van der Waals surface area contributed by atoms with Crippen LogP contribution >= 0.6 is 0 Å². The molecule has 0 saturated carbocycles. The van der Waals surface area contributed by atoms with E-state index in [9.17, 15) is 53.7 Å². The maximum absolute atomic E-state index is 14.3. The zero-order chi connectivity index (χ0) is 37.1. The summed E-state index contributed by atoms with van der Waals surface area (Å²) in [4.78, 5) is 71.5. The zero-order valence-corrected chi connectivity index (χ0v) is 26.6. The van der Waals surface area contributed by atoms with E-state index in [0.29, 0.717) is 13.1 Å². The van der Waals surface area contributed by atoms with Crippen molar-refractivity contribution in [2.24, 2.45) is 0 Å². The van der Waals surface area contributed by atoms with Crippen LogP contribution in [0.25, 0.3) is 0 Å². The minimum atomic E-state index is -6.00. The predicted octanol–water partition coefficient (Wildman–Crippen LogP) is 2.07. The Morgan fingerprint density at radius 1 is 0.620 bits per heavy atom. The van der Waals surface area contributed by atoms with Crippen molar-refractivity contribution in [2.75, 3.05) is 39.9 Å². The van der Waals surface area contributed by atoms with E-state index < -0.39 is 49.8 Å². The fourth-order valence-corrected chi connectivity index (χ4v) is 6.39. The lowest BCUT2D eigenvalue weighted by molar-refractivity contribution is -0.378. The molecule has 4 fully saturated rings. The Balaban J connectivity index is 0.000000496. The standard InChI is InChI=1S/C26H30N8O6.2BF4/c1-3-39-21(35)25-26(22(36)40-4-2)33-17-30(14-20-7-11-28-12-8-20)18-34(26)24(38)32(25)16-29(15-31(25)23(33)37)13-19-5-9-27-10-6-19;2*2-1(3,4)5/h5-12H,3-4,13-18H2,1-2H3;;/q;2*-1/p+2. The van der Waals surface area contributed by atoms with E-state index in [-0.39, 0.29) is 39.9 Å². The van der Waals surface area contributed by atoms with Crippen molar-refractivity contribution in [3.8, 4) is 0 Å². The Morgan fingerprint density at radius 3 is 1.12 bits per heavy atom. The summed E-state index contributed by atoms with van der Waals surface area (Å²) in [7, 11) is -12.0. The lowest BCUT2D eigenvalue weighted by Crippen LogP contribution is -2.80. The molecule has 0 unspecified atom stereocenters. The number of nitrogens with zero attached hydrogens (tertiary/aromatic N) is 6. The molecule has 4 amide bonds. The van der Waals surface area contributed by atoms with Crippen LogP contribution in [0.15, 0.2) is 49.1 Å². The van der Waals surface area contributed by atoms with Crippen LogP contribution in [0, 0.1) is 0 Å². The van der Waals surface area contributed by atoms with E-state index in [2.05, 4.69) is 9.97 Å². The van der Waals surface area contributed by atoms with Crippen molar-refractivity contribution in [1.82, 2.24) is 29.4 Å². The SMILES string of the molecule is CCOC(=O)C12N3CN(Cc4cc[nH+]cc4)CN1C(=O)N1CN(Cc4cc[nH+]cc4)CN(C3=O)C12C(=O)OCC.F[B-](F)(F)F.F[B-](F)(F)F. The van der Waals surface area contributed by atoms with E-state index in [1.165, 1.54) is 19.6 Å². The normalized spacial score (nSPS) is 23.1. The minimum Gasteiger partial charge on any atom is -0.463 e. The van der Waals surface area contributed by atoms with Gasteiger partial charge in [-0.1, -0.05) is 0 Å². The van der Waals surface area contributed by atoms with Crippen molar-refractivity contribution in [3.63, 3.8) is 0 Å². The third-order valence-electron chi connectivity index (χ3n) is 7.84. The number of amides is 4. The monoisotopic (exact) mass is 726 g/mol. The molecule has 0 atom stereocenters. The van der Waals surface area contributed by atoms with Gasteiger partial charge in [0.25, 0.3) is 11.3 Å². The second kappa shape index (κ2) is 14.6. The molecular formula is C26H32B2F8N8O6. The quantitative estimate of drug-likeness (QED) is 0.230. The van der Waals surface area contributed by atoms with E-state index in [0.717, 1.165) is 11.1 Å². The number of esters is 2. The molecule has 274 valence electrons. The molecule has 0 aromatic carbocycles. The third kappa shape index (κ3) is 7.39. The first kappa shape index (κ1) is 38.1. The second-order valence-corrected chi connectivity index (χ2v) is 11.1. The van der Waals surface area contributed by atoms with Gasteiger partial charge in [0.1, 0.15) is 0 Å². The van der Waals surface area contributed by atoms with Gasteiger partial charge in [-0.2, -0.15) is 0 Å². The molecule has 0 spiro atoms. The van der Waals surface area contributed by atoms with Crippen LogP contribution in [-0.4, -0.2) is 119 Å². The fourth-order valence-electron chi connectivity index (χ4n) is 6.39. The number of aromatic amines is 2. The number of carbonyl (C=O) groups excluding carboxylic acids is 4. The van der Waals surface area contributed by atoms with Gasteiger partial charge >= 0.3 is 38.5 Å². The topological polar surface area (TPSA) is 134 Å². The Hall–Kier alpha value is -4.73. The molecule has 14 nitrogen and oxygen atoms in total. The van der Waals surface area contributed by atoms with Gasteiger partial charge in [0.05, 0.1) is 39.9 Å². The summed E-state index contributed by atoms with van der Waals surface area (Å²) in [5, 5.41) is 0. The zero-order valence-electron chi connectivity index (χ0n) is 26.6. The molecule has 4 aliphatic rings. The average molecular weight is 726 g/mol. The number of hydrogen-bond donors (Lipinski definition) is 0. The summed E-state index contributed by atoms with van der Waals surface area (Å²) in [6.07, 6.45) is 7.16. The highest BCUT2D eigenvalue weighted by Gasteiger charge is 2.89. The highest BCUT2D eigenvalue weighted by molar-refractivity contribution is 6.50. The minimum absolute atomic E-state index is 0.0000508. The van der Waals surface area contributed by atoms with E-state index in [1.54, 1.807) is 38.6 Å². The summed E-state index contributed by atoms with van der Waals surface area (Å²) >= 11 is 0. The first-order chi connectivity index (χ1) is 23.4. The number of hydrogen-bond acceptors (Lipinski definition) is 8. The van der Waals surface area contributed by atoms with E-state index in [4.69, 9.17) is 9.47 Å². The van der Waals surface area contributed by atoms with Gasteiger partial charge in [-0.3, -0.25) is 29.4 Å². The van der Waals surface area contributed by atoms with Crippen LogP contribution in [0.2, 0.25) is 0 Å². The van der Waals surface area contributed by atoms with Crippen LogP contribution in [0.5, 0.6) is 0 Å². The number of pyridine rings is 2. The molecule has 6 heterocycles. The highest BCUT2D eigenvalue weighted by atomic mass is 19.5. The molecule has 2 aromatic rings. The van der Waals surface area contributed by atoms with Gasteiger partial charge in [-0.15, -0.1) is 0 Å². The fraction of sp³-hybridized carbons (Fsp3) is 0.462. The molecule has 24 heteroatoms. The third-order valence-corrected chi connectivity index (χ3v) is 7.84. The molecule has 0 bridgehead atoms. The molecule has 0 radical (unpaired) electrons. The first-order valence-electron chi connectivity index (χ1n) is 15.0. The van der Waals surface area contributed by atoms with Crippen LogP contribution < -0.4 is 9.97 Å². The Morgan fingerprint density at radius 2 is 0.880 bits per heavy atom. The molecule has 50 heavy (non-hydrogen) atoms. The van der Waals surface area contributed by atoms with Gasteiger partial charge in [-0.25, -0.2) is 29.1 Å². The number of ether oxygens (including phenoxy) is 2. The summed E-state index contributed by atoms with van der Waals surface area (Å²) in [5.41, 5.74) is -2.19. The lowest BCUT2D eigenvalue weighted by atomic mass is 9.89. The maximum atomic E-state index is 14.3. The van der Waals surface area contributed by atoms with Crippen LogP contribution in [0.3, 0.4) is 0 Å². The summed E-state index contributed by atoms with van der Waals surface area (Å²) in [6.45, 7) is 4.12. The molecule has 4 saturated heterocycles. The van der Waals surface area contributed by atoms with Crippen molar-refractivity contribution in [1.29, 1.82) is 0 Å². The summed E-state index contributed by atoms with van der Waals surface area (Å²) in [6, 6.07) is 6.48. The van der Waals surface area contributed by atoms with Gasteiger partial charge in [0.15, 0.2) is 24.8 Å². The number of H-pyrrole nitrogens is 2. The maximum Gasteiger partial charge on any atom is 0.673 e. The van der Waals surface area contributed by atoms with Crippen molar-refractivity contribution < 1.29 is 73.1 Å². The number of aromatic nitrogens is 2.